The van der Waals surface area contributed by atoms with E-state index < -0.39 is 0 Å². The lowest BCUT2D eigenvalue weighted by Gasteiger charge is -2.20. The second kappa shape index (κ2) is 7.34. The van der Waals surface area contributed by atoms with Crippen LogP contribution in [0.5, 0.6) is 0 Å². The third-order valence-electron chi connectivity index (χ3n) is 3.03. The second-order valence-corrected chi connectivity index (χ2v) is 6.44. The van der Waals surface area contributed by atoms with Crippen molar-refractivity contribution in [3.8, 4) is 0 Å². The summed E-state index contributed by atoms with van der Waals surface area (Å²) in [5, 5.41) is 3.42. The van der Waals surface area contributed by atoms with Gasteiger partial charge in [0.05, 0.1) is 6.04 Å². The quantitative estimate of drug-likeness (QED) is 0.704. The SMILES string of the molecule is CCCNC(c1cc(Br)cc(Br)c1)c1ccccc1F. The maximum Gasteiger partial charge on any atom is 0.128 e. The Morgan fingerprint density at radius 3 is 2.35 bits per heavy atom. The van der Waals surface area contributed by atoms with Crippen LogP contribution >= 0.6 is 31.9 Å². The van der Waals surface area contributed by atoms with Gasteiger partial charge >= 0.3 is 0 Å². The average Bonchev–Trinajstić information content (AvgIpc) is 2.40. The second-order valence-electron chi connectivity index (χ2n) is 4.61. The van der Waals surface area contributed by atoms with Gasteiger partial charge in [-0.25, -0.2) is 4.39 Å². The number of rotatable bonds is 5. The van der Waals surface area contributed by atoms with E-state index in [9.17, 15) is 4.39 Å². The largest absolute Gasteiger partial charge is 0.306 e. The van der Waals surface area contributed by atoms with Crippen LogP contribution in [0.1, 0.15) is 30.5 Å². The normalized spacial score (nSPS) is 12.4. The highest BCUT2D eigenvalue weighted by molar-refractivity contribution is 9.11. The summed E-state index contributed by atoms with van der Waals surface area (Å²) in [6.07, 6.45) is 1.00. The van der Waals surface area contributed by atoms with E-state index in [0.29, 0.717) is 5.56 Å². The van der Waals surface area contributed by atoms with Gasteiger partial charge in [0.2, 0.25) is 0 Å². The molecule has 2 rings (SSSR count). The van der Waals surface area contributed by atoms with Crippen LogP contribution in [-0.4, -0.2) is 6.54 Å². The zero-order valence-corrected chi connectivity index (χ0v) is 14.3. The summed E-state index contributed by atoms with van der Waals surface area (Å²) in [5.74, 6) is -0.183. The fourth-order valence-corrected chi connectivity index (χ4v) is 3.48. The van der Waals surface area contributed by atoms with Crippen LogP contribution in [0.4, 0.5) is 4.39 Å². The number of nitrogens with one attached hydrogen (secondary N) is 1. The zero-order chi connectivity index (χ0) is 14.5. The van der Waals surface area contributed by atoms with E-state index in [1.807, 2.05) is 30.3 Å². The molecule has 0 saturated carbocycles. The van der Waals surface area contributed by atoms with Gasteiger partial charge in [-0.15, -0.1) is 0 Å². The predicted octanol–water partition coefficient (Wildman–Crippen LogP) is 5.44. The lowest BCUT2D eigenvalue weighted by atomic mass is 9.98. The third kappa shape index (κ3) is 3.90. The van der Waals surface area contributed by atoms with Crippen LogP contribution in [0.25, 0.3) is 0 Å². The molecular weight excluding hydrogens is 385 g/mol. The number of halogens is 3. The molecule has 4 heteroatoms. The maximum absolute atomic E-state index is 14.1. The molecule has 106 valence electrons. The smallest absolute Gasteiger partial charge is 0.128 e. The first-order chi connectivity index (χ1) is 9.61. The Bertz CT molecular complexity index is 566. The van der Waals surface area contributed by atoms with Gasteiger partial charge in [0.15, 0.2) is 0 Å². The molecular formula is C16H16Br2FN. The molecule has 1 atom stereocenters. The molecule has 0 fully saturated rings. The molecule has 2 aromatic rings. The van der Waals surface area contributed by atoms with Crippen molar-refractivity contribution in [2.24, 2.45) is 0 Å². The molecule has 0 aliphatic rings. The molecule has 0 amide bonds. The van der Waals surface area contributed by atoms with Crippen molar-refractivity contribution >= 4 is 31.9 Å². The fourth-order valence-electron chi connectivity index (χ4n) is 2.15. The Labute approximate surface area is 135 Å². The van der Waals surface area contributed by atoms with Gasteiger partial charge in [-0.2, -0.15) is 0 Å². The summed E-state index contributed by atoms with van der Waals surface area (Å²) in [7, 11) is 0. The molecule has 0 heterocycles. The van der Waals surface area contributed by atoms with Crippen LogP contribution in [0.3, 0.4) is 0 Å². The molecule has 0 bridgehead atoms. The predicted molar refractivity (Wildman–Crippen MR) is 88.4 cm³/mol. The molecule has 0 aromatic heterocycles. The van der Waals surface area contributed by atoms with Crippen molar-refractivity contribution in [2.45, 2.75) is 19.4 Å². The molecule has 0 aliphatic heterocycles. The summed E-state index contributed by atoms with van der Waals surface area (Å²) >= 11 is 6.98. The first-order valence-electron chi connectivity index (χ1n) is 6.55. The molecule has 1 N–H and O–H groups in total. The van der Waals surface area contributed by atoms with Gasteiger partial charge in [0.25, 0.3) is 0 Å². The number of hydrogen-bond donors (Lipinski definition) is 1. The van der Waals surface area contributed by atoms with Crippen molar-refractivity contribution in [2.75, 3.05) is 6.54 Å². The van der Waals surface area contributed by atoms with Crippen molar-refractivity contribution < 1.29 is 4.39 Å². The van der Waals surface area contributed by atoms with Crippen LogP contribution < -0.4 is 5.32 Å². The monoisotopic (exact) mass is 399 g/mol. The summed E-state index contributed by atoms with van der Waals surface area (Å²) in [6, 6.07) is 12.8. The fraction of sp³-hybridized carbons (Fsp3) is 0.250. The highest BCUT2D eigenvalue weighted by atomic mass is 79.9. The van der Waals surface area contributed by atoms with Crippen LogP contribution in [0.15, 0.2) is 51.4 Å². The van der Waals surface area contributed by atoms with Gasteiger partial charge in [-0.05, 0) is 42.8 Å². The minimum absolute atomic E-state index is 0.148. The van der Waals surface area contributed by atoms with Gasteiger partial charge < -0.3 is 5.32 Å². The van der Waals surface area contributed by atoms with E-state index in [1.165, 1.54) is 6.07 Å². The molecule has 1 nitrogen and oxygen atoms in total. The van der Waals surface area contributed by atoms with E-state index in [2.05, 4.69) is 44.1 Å². The van der Waals surface area contributed by atoms with E-state index in [4.69, 9.17) is 0 Å². The maximum atomic E-state index is 14.1. The highest BCUT2D eigenvalue weighted by Gasteiger charge is 2.17. The Balaban J connectivity index is 2.44. The Hall–Kier alpha value is -0.710. The van der Waals surface area contributed by atoms with Crippen molar-refractivity contribution in [1.82, 2.24) is 5.32 Å². The molecule has 0 radical (unpaired) electrons. The standard InChI is InChI=1S/C16H16Br2FN/c1-2-7-20-16(14-5-3-4-6-15(14)19)11-8-12(17)10-13(18)9-11/h3-6,8-10,16,20H,2,7H2,1H3. The van der Waals surface area contributed by atoms with Gasteiger partial charge in [-0.1, -0.05) is 57.0 Å². The molecule has 1 unspecified atom stereocenters. The minimum Gasteiger partial charge on any atom is -0.306 e. The van der Waals surface area contributed by atoms with E-state index in [1.54, 1.807) is 6.07 Å². The summed E-state index contributed by atoms with van der Waals surface area (Å²) < 4.78 is 16.0. The van der Waals surface area contributed by atoms with E-state index in [-0.39, 0.29) is 11.9 Å². The first kappa shape index (κ1) is 15.7. The Morgan fingerprint density at radius 2 is 1.75 bits per heavy atom. The average molecular weight is 401 g/mol. The third-order valence-corrected chi connectivity index (χ3v) is 3.95. The Kier molecular flexibility index (Phi) is 5.75. The first-order valence-corrected chi connectivity index (χ1v) is 8.14. The summed E-state index contributed by atoms with van der Waals surface area (Å²) in [5.41, 5.74) is 1.70. The molecule has 20 heavy (non-hydrogen) atoms. The topological polar surface area (TPSA) is 12.0 Å². The Morgan fingerprint density at radius 1 is 1.10 bits per heavy atom. The van der Waals surface area contributed by atoms with Gasteiger partial charge in [0, 0.05) is 14.5 Å². The van der Waals surface area contributed by atoms with Crippen molar-refractivity contribution in [3.63, 3.8) is 0 Å². The van der Waals surface area contributed by atoms with Gasteiger partial charge in [0.1, 0.15) is 5.82 Å². The van der Waals surface area contributed by atoms with Crippen LogP contribution in [0.2, 0.25) is 0 Å². The molecule has 0 spiro atoms. The number of benzene rings is 2. The van der Waals surface area contributed by atoms with Crippen LogP contribution in [0, 0.1) is 5.82 Å². The number of hydrogen-bond acceptors (Lipinski definition) is 1. The van der Waals surface area contributed by atoms with Crippen molar-refractivity contribution in [1.29, 1.82) is 0 Å². The van der Waals surface area contributed by atoms with Crippen molar-refractivity contribution in [3.05, 3.63) is 68.4 Å². The summed E-state index contributed by atoms with van der Waals surface area (Å²) in [6.45, 7) is 2.94. The highest BCUT2D eigenvalue weighted by Crippen LogP contribution is 2.29. The lowest BCUT2D eigenvalue weighted by molar-refractivity contribution is 0.546. The summed E-state index contributed by atoms with van der Waals surface area (Å²) in [4.78, 5) is 0. The van der Waals surface area contributed by atoms with Gasteiger partial charge in [-0.3, -0.25) is 0 Å². The van der Waals surface area contributed by atoms with E-state index >= 15 is 0 Å². The molecule has 0 aliphatic carbocycles. The minimum atomic E-state index is -0.183. The van der Waals surface area contributed by atoms with Crippen LogP contribution in [-0.2, 0) is 0 Å². The molecule has 2 aromatic carbocycles. The lowest BCUT2D eigenvalue weighted by Crippen LogP contribution is -2.24. The zero-order valence-electron chi connectivity index (χ0n) is 11.2. The molecule has 0 saturated heterocycles. The van der Waals surface area contributed by atoms with E-state index in [0.717, 1.165) is 27.5 Å².